The number of hydrogen-bond acceptors (Lipinski definition) is 6. The number of halogens is 1. The molecule has 1 amide bonds. The summed E-state index contributed by atoms with van der Waals surface area (Å²) in [7, 11) is 2.10. The lowest BCUT2D eigenvalue weighted by Crippen LogP contribution is -2.55. The first kappa shape index (κ1) is 26.4. The topological polar surface area (TPSA) is 64.4 Å². The third-order valence-corrected chi connectivity index (χ3v) is 8.34. The number of benzene rings is 1. The van der Waals surface area contributed by atoms with Crippen molar-refractivity contribution in [2.24, 2.45) is 0 Å². The number of hydrogen-bond donors (Lipinski definition) is 0. The predicted molar refractivity (Wildman–Crippen MR) is 148 cm³/mol. The first-order valence-corrected chi connectivity index (χ1v) is 13.4. The fourth-order valence-corrected chi connectivity index (χ4v) is 6.00. The van der Waals surface area contributed by atoms with Crippen LogP contribution < -0.4 is 9.80 Å². The summed E-state index contributed by atoms with van der Waals surface area (Å²) in [6.07, 6.45) is 4.50. The summed E-state index contributed by atoms with van der Waals surface area (Å²) < 4.78 is 14.9. The molecular weight excluding hydrogens is 503 g/mol. The van der Waals surface area contributed by atoms with Crippen molar-refractivity contribution in [2.45, 2.75) is 44.6 Å². The molecule has 38 heavy (non-hydrogen) atoms. The minimum absolute atomic E-state index is 0.0305. The van der Waals surface area contributed by atoms with Crippen LogP contribution in [0, 0.1) is 19.3 Å². The SMILES string of the molecule is [C-]#[N+]c1ncc(N2C(=O)C3(CCC3)N(c3ccc(F)c(C(=O)CCCN4CCN(C)CC4)c3)C2=S)cc1C. The Morgan fingerprint density at radius 2 is 1.92 bits per heavy atom. The second-order valence-corrected chi connectivity index (χ2v) is 10.8. The molecule has 0 unspecified atom stereocenters. The molecule has 5 rings (SSSR count). The molecule has 198 valence electrons. The second-order valence-electron chi connectivity index (χ2n) is 10.4. The average Bonchev–Trinajstić information content (AvgIpc) is 3.12. The van der Waals surface area contributed by atoms with Crippen LogP contribution in [0.5, 0.6) is 0 Å². The number of likely N-dealkylation sites (N-methyl/N-ethyl adjacent to an activating group) is 1. The van der Waals surface area contributed by atoms with E-state index in [2.05, 4.69) is 26.7 Å². The van der Waals surface area contributed by atoms with Crippen molar-refractivity contribution in [3.8, 4) is 0 Å². The molecular formula is C28H31FN6O2S. The Kier molecular flexibility index (Phi) is 7.27. The Morgan fingerprint density at radius 3 is 2.55 bits per heavy atom. The molecule has 3 heterocycles. The lowest BCUT2D eigenvalue weighted by Gasteiger charge is -2.43. The molecule has 0 N–H and O–H groups in total. The highest BCUT2D eigenvalue weighted by atomic mass is 32.1. The summed E-state index contributed by atoms with van der Waals surface area (Å²) in [5, 5.41) is 0.270. The highest BCUT2D eigenvalue weighted by molar-refractivity contribution is 7.81. The number of carbonyl (C=O) groups is 2. The lowest BCUT2D eigenvalue weighted by molar-refractivity contribution is -0.123. The van der Waals surface area contributed by atoms with Crippen molar-refractivity contribution in [1.29, 1.82) is 0 Å². The Morgan fingerprint density at radius 1 is 1.18 bits per heavy atom. The number of piperazine rings is 1. The number of thiocarbonyl (C=S) groups is 1. The van der Waals surface area contributed by atoms with Crippen LogP contribution in [-0.2, 0) is 4.79 Å². The zero-order valence-corrected chi connectivity index (χ0v) is 22.6. The second kappa shape index (κ2) is 10.5. The van der Waals surface area contributed by atoms with Crippen molar-refractivity contribution >= 4 is 46.2 Å². The van der Waals surface area contributed by atoms with E-state index < -0.39 is 11.4 Å². The molecule has 1 saturated carbocycles. The van der Waals surface area contributed by atoms with E-state index in [1.807, 2.05) is 0 Å². The maximum atomic E-state index is 14.9. The summed E-state index contributed by atoms with van der Waals surface area (Å²) in [6.45, 7) is 13.8. The molecule has 1 aromatic carbocycles. The number of rotatable bonds is 7. The van der Waals surface area contributed by atoms with Gasteiger partial charge in [-0.2, -0.15) is 0 Å². The third kappa shape index (κ3) is 4.59. The van der Waals surface area contributed by atoms with Crippen molar-refractivity contribution in [3.05, 3.63) is 58.8 Å². The van der Waals surface area contributed by atoms with E-state index in [0.717, 1.165) is 39.1 Å². The highest BCUT2D eigenvalue weighted by Crippen LogP contribution is 2.48. The van der Waals surface area contributed by atoms with Gasteiger partial charge in [-0.3, -0.25) is 14.5 Å². The monoisotopic (exact) mass is 534 g/mol. The van der Waals surface area contributed by atoms with Gasteiger partial charge in [0.25, 0.3) is 11.7 Å². The van der Waals surface area contributed by atoms with Crippen LogP contribution in [0.4, 0.5) is 21.6 Å². The molecule has 1 spiro atoms. The minimum Gasteiger partial charge on any atom is -0.360 e. The Labute approximate surface area is 227 Å². The van der Waals surface area contributed by atoms with Gasteiger partial charge in [0.1, 0.15) is 17.6 Å². The van der Waals surface area contributed by atoms with Gasteiger partial charge in [0.05, 0.1) is 11.3 Å². The predicted octanol–water partition coefficient (Wildman–Crippen LogP) is 4.35. The largest absolute Gasteiger partial charge is 0.360 e. The van der Waals surface area contributed by atoms with Crippen LogP contribution >= 0.6 is 12.2 Å². The van der Waals surface area contributed by atoms with Crippen LogP contribution in [0.1, 0.15) is 48.0 Å². The Balaban J connectivity index is 1.37. The van der Waals surface area contributed by atoms with Crippen molar-refractivity contribution in [1.82, 2.24) is 14.8 Å². The Bertz CT molecular complexity index is 1330. The molecule has 0 bridgehead atoms. The summed E-state index contributed by atoms with van der Waals surface area (Å²) in [6, 6.07) is 6.16. The van der Waals surface area contributed by atoms with E-state index in [1.165, 1.54) is 17.2 Å². The molecule has 1 aliphatic carbocycles. The fourth-order valence-electron chi connectivity index (χ4n) is 5.54. The van der Waals surface area contributed by atoms with Crippen LogP contribution in [0.2, 0.25) is 0 Å². The third-order valence-electron chi connectivity index (χ3n) is 7.98. The van der Waals surface area contributed by atoms with Gasteiger partial charge >= 0.3 is 0 Å². The van der Waals surface area contributed by atoms with Gasteiger partial charge in [0.15, 0.2) is 10.9 Å². The van der Waals surface area contributed by atoms with Gasteiger partial charge in [0, 0.05) is 38.3 Å². The van der Waals surface area contributed by atoms with Crippen LogP contribution in [0.15, 0.2) is 30.5 Å². The number of Topliss-reactive ketones (excluding diaryl/α,β-unsaturated/α-hetero) is 1. The van der Waals surface area contributed by atoms with Crippen LogP contribution in [-0.4, -0.2) is 76.9 Å². The summed E-state index contributed by atoms with van der Waals surface area (Å²) in [5.74, 6) is -0.696. The number of anilines is 2. The molecule has 3 fully saturated rings. The van der Waals surface area contributed by atoms with Gasteiger partial charge < -0.3 is 19.5 Å². The first-order chi connectivity index (χ1) is 18.2. The number of nitrogens with zero attached hydrogens (tertiary/aromatic N) is 6. The van der Waals surface area contributed by atoms with E-state index >= 15 is 0 Å². The fraction of sp³-hybridized carbons (Fsp3) is 0.464. The molecule has 0 atom stereocenters. The van der Waals surface area contributed by atoms with E-state index in [0.29, 0.717) is 36.2 Å². The van der Waals surface area contributed by atoms with Gasteiger partial charge in [-0.25, -0.2) is 4.39 Å². The van der Waals surface area contributed by atoms with E-state index in [4.69, 9.17) is 18.8 Å². The van der Waals surface area contributed by atoms with E-state index in [1.54, 1.807) is 30.0 Å². The van der Waals surface area contributed by atoms with Gasteiger partial charge in [0.2, 0.25) is 0 Å². The average molecular weight is 535 g/mol. The summed E-state index contributed by atoms with van der Waals surface area (Å²) >= 11 is 5.80. The van der Waals surface area contributed by atoms with Crippen molar-refractivity contribution < 1.29 is 14.0 Å². The van der Waals surface area contributed by atoms with E-state index in [-0.39, 0.29) is 34.6 Å². The Hall–Kier alpha value is -3.26. The number of amides is 1. The smallest absolute Gasteiger partial charge is 0.272 e. The normalized spacial score (nSPS) is 19.6. The summed E-state index contributed by atoms with van der Waals surface area (Å²) in [4.78, 5) is 42.3. The van der Waals surface area contributed by atoms with E-state index in [9.17, 15) is 14.0 Å². The highest BCUT2D eigenvalue weighted by Gasteiger charge is 2.59. The van der Waals surface area contributed by atoms with Gasteiger partial charge in [-0.1, -0.05) is 6.57 Å². The molecule has 2 saturated heterocycles. The first-order valence-electron chi connectivity index (χ1n) is 13.0. The number of aromatic nitrogens is 1. The molecule has 2 aliphatic heterocycles. The van der Waals surface area contributed by atoms with Gasteiger partial charge in [-0.05, 0) is 88.2 Å². The zero-order valence-electron chi connectivity index (χ0n) is 21.7. The number of aryl methyl sites for hydroxylation is 1. The maximum Gasteiger partial charge on any atom is 0.272 e. The molecule has 0 radical (unpaired) electrons. The lowest BCUT2D eigenvalue weighted by atomic mass is 9.75. The maximum absolute atomic E-state index is 14.9. The molecule has 1 aromatic heterocycles. The molecule has 2 aromatic rings. The van der Waals surface area contributed by atoms with Crippen molar-refractivity contribution in [3.63, 3.8) is 0 Å². The van der Waals surface area contributed by atoms with Crippen molar-refractivity contribution in [2.75, 3.05) is 49.6 Å². The zero-order chi connectivity index (χ0) is 27.0. The minimum atomic E-state index is -0.858. The molecule has 8 nitrogen and oxygen atoms in total. The standard InChI is InChI=1S/C28H31FN6O2S/c1-19-16-21(18-31-25(19)30-2)34-26(37)28(9-5-10-28)35(27(34)38)20-7-8-23(29)22(17-20)24(36)6-4-11-33-14-12-32(3)13-15-33/h7-8,16-18H,4-6,9-15H2,1,3H3. The number of carbonyl (C=O) groups excluding carboxylic acids is 2. The number of pyridine rings is 1. The van der Waals surface area contributed by atoms with Crippen LogP contribution in [0.3, 0.4) is 0 Å². The quantitative estimate of drug-likeness (QED) is 0.297. The van der Waals surface area contributed by atoms with Gasteiger partial charge in [-0.15, -0.1) is 4.98 Å². The van der Waals surface area contributed by atoms with Crippen LogP contribution in [0.25, 0.3) is 4.85 Å². The number of ketones is 1. The molecule has 3 aliphatic rings. The molecule has 10 heteroatoms. The summed E-state index contributed by atoms with van der Waals surface area (Å²) in [5.41, 5.74) is 0.865.